The van der Waals surface area contributed by atoms with Crippen LogP contribution in [0.3, 0.4) is 0 Å². The minimum Gasteiger partial charge on any atom is -0.320 e. The van der Waals surface area contributed by atoms with Gasteiger partial charge in [0.15, 0.2) is 0 Å². The predicted molar refractivity (Wildman–Crippen MR) is 86.3 cm³/mol. The van der Waals surface area contributed by atoms with E-state index in [-0.39, 0.29) is 0 Å². The summed E-state index contributed by atoms with van der Waals surface area (Å²) >= 11 is 1.85. The maximum atomic E-state index is 4.45. The molecule has 0 aromatic carbocycles. The van der Waals surface area contributed by atoms with Gasteiger partial charge in [-0.3, -0.25) is 0 Å². The topological polar surface area (TPSA) is 37.8 Å². The summed E-state index contributed by atoms with van der Waals surface area (Å²) in [6.07, 6.45) is 7.52. The predicted octanol–water partition coefficient (Wildman–Crippen LogP) is 4.01. The first-order valence-electron chi connectivity index (χ1n) is 7.97. The Hall–Kier alpha value is -0.480. The Labute approximate surface area is 127 Å². The third-order valence-electron chi connectivity index (χ3n) is 4.60. The molecule has 3 nitrogen and oxygen atoms in total. The molecule has 1 heterocycles. The van der Waals surface area contributed by atoms with E-state index in [0.29, 0.717) is 11.3 Å². The number of nitrogens with zero attached hydrogens (tertiary/aromatic N) is 2. The van der Waals surface area contributed by atoms with Gasteiger partial charge < -0.3 is 5.32 Å². The lowest BCUT2D eigenvalue weighted by Gasteiger charge is -2.36. The van der Waals surface area contributed by atoms with Crippen LogP contribution in [0.5, 0.6) is 0 Å². The number of aryl methyl sites for hydroxylation is 1. The van der Waals surface area contributed by atoms with Gasteiger partial charge in [-0.25, -0.2) is 0 Å². The van der Waals surface area contributed by atoms with E-state index in [1.54, 1.807) is 0 Å². The highest BCUT2D eigenvalue weighted by Crippen LogP contribution is 2.43. The van der Waals surface area contributed by atoms with E-state index in [9.17, 15) is 0 Å². The Morgan fingerprint density at radius 2 is 1.85 bits per heavy atom. The van der Waals surface area contributed by atoms with Crippen molar-refractivity contribution in [2.24, 2.45) is 11.3 Å². The maximum Gasteiger partial charge on any atom is 0.120 e. The molecule has 1 aromatic rings. The van der Waals surface area contributed by atoms with Crippen LogP contribution in [0.15, 0.2) is 0 Å². The van der Waals surface area contributed by atoms with Crippen molar-refractivity contribution >= 4 is 11.3 Å². The lowest BCUT2D eigenvalue weighted by molar-refractivity contribution is 0.169. The van der Waals surface area contributed by atoms with Crippen LogP contribution in [0, 0.1) is 11.3 Å². The molecule has 0 radical (unpaired) electrons. The van der Waals surface area contributed by atoms with Crippen molar-refractivity contribution in [3.8, 4) is 0 Å². The maximum absolute atomic E-state index is 4.45. The Kier molecular flexibility index (Phi) is 5.56. The van der Waals surface area contributed by atoms with Gasteiger partial charge in [0.05, 0.1) is 0 Å². The van der Waals surface area contributed by atoms with Crippen molar-refractivity contribution in [1.29, 1.82) is 0 Å². The number of rotatable bonds is 5. The molecule has 1 fully saturated rings. The van der Waals surface area contributed by atoms with E-state index in [1.165, 1.54) is 35.7 Å². The van der Waals surface area contributed by atoms with E-state index in [0.717, 1.165) is 25.3 Å². The summed E-state index contributed by atoms with van der Waals surface area (Å²) in [5.41, 5.74) is 0.463. The van der Waals surface area contributed by atoms with Crippen LogP contribution >= 0.6 is 11.3 Å². The molecule has 0 atom stereocenters. The third-order valence-corrected chi connectivity index (χ3v) is 5.75. The molecule has 1 N–H and O–H groups in total. The summed E-state index contributed by atoms with van der Waals surface area (Å²) < 4.78 is 0. The van der Waals surface area contributed by atoms with Crippen molar-refractivity contribution in [1.82, 2.24) is 15.5 Å². The highest BCUT2D eigenvalue weighted by atomic mass is 32.1. The van der Waals surface area contributed by atoms with E-state index in [1.807, 2.05) is 18.4 Å². The second-order valence-corrected chi connectivity index (χ2v) is 8.25. The van der Waals surface area contributed by atoms with Crippen molar-refractivity contribution in [2.75, 3.05) is 13.6 Å². The van der Waals surface area contributed by atoms with Crippen LogP contribution in [0.4, 0.5) is 0 Å². The Bertz CT molecular complexity index is 400. The second kappa shape index (κ2) is 6.99. The highest BCUT2D eigenvalue weighted by Gasteiger charge is 2.31. The van der Waals surface area contributed by atoms with Gasteiger partial charge in [-0.1, -0.05) is 20.8 Å². The fourth-order valence-electron chi connectivity index (χ4n) is 3.16. The van der Waals surface area contributed by atoms with Gasteiger partial charge in [-0.2, -0.15) is 0 Å². The summed E-state index contributed by atoms with van der Waals surface area (Å²) in [6.45, 7) is 8.19. The van der Waals surface area contributed by atoms with Crippen molar-refractivity contribution in [3.05, 3.63) is 10.0 Å². The van der Waals surface area contributed by atoms with Gasteiger partial charge in [0.2, 0.25) is 0 Å². The second-order valence-electron chi connectivity index (χ2n) is 7.16. The van der Waals surface area contributed by atoms with E-state index in [4.69, 9.17) is 0 Å². The number of aromatic nitrogens is 2. The zero-order valence-corrected chi connectivity index (χ0v) is 14.2. The minimum atomic E-state index is 0.463. The molecule has 1 aliphatic carbocycles. The van der Waals surface area contributed by atoms with Crippen LogP contribution in [-0.2, 0) is 6.42 Å². The molecule has 0 spiro atoms. The molecule has 1 saturated carbocycles. The number of nitrogens with one attached hydrogen (secondary N) is 1. The summed E-state index contributed by atoms with van der Waals surface area (Å²) in [7, 11) is 2.00. The molecular formula is C16H29N3S. The zero-order valence-electron chi connectivity index (χ0n) is 13.4. The lowest BCUT2D eigenvalue weighted by atomic mass is 9.70. The average molecular weight is 295 g/mol. The van der Waals surface area contributed by atoms with Gasteiger partial charge in [0.25, 0.3) is 0 Å². The van der Waals surface area contributed by atoms with E-state index >= 15 is 0 Å². The molecule has 1 aromatic heterocycles. The number of hydrogen-bond donors (Lipinski definition) is 1. The SMILES string of the molecule is CNCCCc1nnc(C2CCC(C(C)(C)C)CC2)s1. The molecule has 20 heavy (non-hydrogen) atoms. The van der Waals surface area contributed by atoms with E-state index in [2.05, 4.69) is 36.3 Å². The monoisotopic (exact) mass is 295 g/mol. The molecule has 1 aliphatic rings. The molecular weight excluding hydrogens is 266 g/mol. The van der Waals surface area contributed by atoms with Crippen LogP contribution in [0.25, 0.3) is 0 Å². The molecule has 114 valence electrons. The van der Waals surface area contributed by atoms with Crippen LogP contribution in [0.1, 0.15) is 68.8 Å². The quantitative estimate of drug-likeness (QED) is 0.834. The van der Waals surface area contributed by atoms with Crippen molar-refractivity contribution < 1.29 is 0 Å². The summed E-state index contributed by atoms with van der Waals surface area (Å²) in [6, 6.07) is 0. The number of hydrogen-bond acceptors (Lipinski definition) is 4. The summed E-state index contributed by atoms with van der Waals surface area (Å²) in [4.78, 5) is 0. The molecule has 0 bridgehead atoms. The molecule has 2 rings (SSSR count). The van der Waals surface area contributed by atoms with Crippen LogP contribution in [0.2, 0.25) is 0 Å². The highest BCUT2D eigenvalue weighted by molar-refractivity contribution is 7.11. The Balaban J connectivity index is 1.84. The van der Waals surface area contributed by atoms with Gasteiger partial charge in [0.1, 0.15) is 10.0 Å². The van der Waals surface area contributed by atoms with Gasteiger partial charge in [0, 0.05) is 12.3 Å². The largest absolute Gasteiger partial charge is 0.320 e. The minimum absolute atomic E-state index is 0.463. The Morgan fingerprint density at radius 3 is 2.45 bits per heavy atom. The normalized spacial score (nSPS) is 24.0. The summed E-state index contributed by atoms with van der Waals surface area (Å²) in [5.74, 6) is 1.55. The lowest BCUT2D eigenvalue weighted by Crippen LogP contribution is -2.25. The van der Waals surface area contributed by atoms with Crippen molar-refractivity contribution in [3.63, 3.8) is 0 Å². The molecule has 4 heteroatoms. The van der Waals surface area contributed by atoms with Gasteiger partial charge >= 0.3 is 0 Å². The fraction of sp³-hybridized carbons (Fsp3) is 0.875. The first kappa shape index (κ1) is 15.9. The third kappa shape index (κ3) is 4.26. The standard InChI is InChI=1S/C16H29N3S/c1-16(2,3)13-9-7-12(8-10-13)15-19-18-14(20-15)6-5-11-17-4/h12-13,17H,5-11H2,1-4H3. The molecule has 0 aliphatic heterocycles. The first-order chi connectivity index (χ1) is 9.50. The average Bonchev–Trinajstić information content (AvgIpc) is 2.87. The van der Waals surface area contributed by atoms with Crippen LogP contribution in [-0.4, -0.2) is 23.8 Å². The van der Waals surface area contributed by atoms with Crippen LogP contribution < -0.4 is 5.32 Å². The van der Waals surface area contributed by atoms with E-state index < -0.39 is 0 Å². The Morgan fingerprint density at radius 1 is 1.15 bits per heavy atom. The van der Waals surface area contributed by atoms with Gasteiger partial charge in [-0.15, -0.1) is 21.5 Å². The fourth-order valence-corrected chi connectivity index (χ4v) is 4.21. The van der Waals surface area contributed by atoms with Crippen molar-refractivity contribution in [2.45, 2.75) is 65.2 Å². The molecule has 0 saturated heterocycles. The first-order valence-corrected chi connectivity index (χ1v) is 8.79. The molecule has 0 amide bonds. The smallest absolute Gasteiger partial charge is 0.120 e. The molecule has 0 unspecified atom stereocenters. The zero-order chi connectivity index (χ0) is 14.6. The van der Waals surface area contributed by atoms with Gasteiger partial charge in [-0.05, 0) is 57.0 Å². The summed E-state index contributed by atoms with van der Waals surface area (Å²) in [5, 5.41) is 14.5.